The minimum Gasteiger partial charge on any atom is -0.445 e. The predicted octanol–water partition coefficient (Wildman–Crippen LogP) is 3.58. The maximum atomic E-state index is 11.7. The number of hydrogen-bond acceptors (Lipinski definition) is 3. The summed E-state index contributed by atoms with van der Waals surface area (Å²) in [5.74, 6) is 0. The van der Waals surface area contributed by atoms with E-state index >= 15 is 0 Å². The molecule has 4 nitrogen and oxygen atoms in total. The Kier molecular flexibility index (Phi) is 7.73. The average Bonchev–Trinajstić information content (AvgIpc) is 2.45. The van der Waals surface area contributed by atoms with Crippen molar-refractivity contribution in [3.8, 4) is 0 Å². The van der Waals surface area contributed by atoms with Crippen LogP contribution in [-0.4, -0.2) is 29.8 Å². The molecule has 0 aliphatic heterocycles. The molecule has 110 valence electrons. The zero-order valence-corrected chi connectivity index (χ0v) is 12.4. The lowest BCUT2D eigenvalue weighted by atomic mass is 10.2. The van der Waals surface area contributed by atoms with Gasteiger partial charge >= 0.3 is 6.09 Å². The van der Waals surface area contributed by atoms with E-state index < -0.39 is 0 Å². The van der Waals surface area contributed by atoms with Crippen LogP contribution in [0.2, 0.25) is 0 Å². The quantitative estimate of drug-likeness (QED) is 0.544. The van der Waals surface area contributed by atoms with Crippen molar-refractivity contribution in [3.63, 3.8) is 0 Å². The van der Waals surface area contributed by atoms with E-state index in [-0.39, 0.29) is 17.9 Å². The van der Waals surface area contributed by atoms with E-state index in [2.05, 4.69) is 0 Å². The molecular formula is C15H20ClNO3. The molecule has 0 spiro atoms. The van der Waals surface area contributed by atoms with Gasteiger partial charge in [-0.3, -0.25) is 4.79 Å². The Hall–Kier alpha value is -1.55. The zero-order valence-electron chi connectivity index (χ0n) is 11.7. The molecule has 5 heteroatoms. The first-order valence-electron chi connectivity index (χ1n) is 6.69. The van der Waals surface area contributed by atoms with Crippen molar-refractivity contribution >= 4 is 22.9 Å². The van der Waals surface area contributed by atoms with Crippen LogP contribution < -0.4 is 0 Å². The summed E-state index contributed by atoms with van der Waals surface area (Å²) in [6.07, 6.45) is 2.52. The molecule has 1 rings (SSSR count). The normalized spacial score (nSPS) is 10.1. The maximum Gasteiger partial charge on any atom is 0.409 e. The molecule has 0 radical (unpaired) electrons. The van der Waals surface area contributed by atoms with Gasteiger partial charge in [-0.1, -0.05) is 36.8 Å². The molecule has 0 aromatic heterocycles. The largest absolute Gasteiger partial charge is 0.445 e. The van der Waals surface area contributed by atoms with Crippen molar-refractivity contribution in [2.75, 3.05) is 13.6 Å². The second-order valence-corrected chi connectivity index (χ2v) is 5.05. The van der Waals surface area contributed by atoms with Gasteiger partial charge in [0.25, 0.3) is 0 Å². The molecule has 0 bridgehead atoms. The molecule has 20 heavy (non-hydrogen) atoms. The molecule has 1 aromatic carbocycles. The topological polar surface area (TPSA) is 46.6 Å². The Bertz CT molecular complexity index is 422. The molecule has 0 saturated heterocycles. The third kappa shape index (κ3) is 7.14. The standard InChI is InChI=1S/C15H20ClNO3/c1-17(11-7-3-6-10-14(16)18)15(19)20-12-13-8-4-2-5-9-13/h2,4-5,8-9H,3,6-7,10-12H2,1H3. The van der Waals surface area contributed by atoms with E-state index in [4.69, 9.17) is 16.3 Å². The summed E-state index contributed by atoms with van der Waals surface area (Å²) >= 11 is 5.25. The third-order valence-corrected chi connectivity index (χ3v) is 3.07. The lowest BCUT2D eigenvalue weighted by Crippen LogP contribution is -2.28. The molecule has 0 N–H and O–H groups in total. The number of unbranched alkanes of at least 4 members (excludes halogenated alkanes) is 2. The maximum absolute atomic E-state index is 11.7. The number of carbonyl (C=O) groups is 2. The van der Waals surface area contributed by atoms with Crippen LogP contribution in [0, 0.1) is 0 Å². The number of halogens is 1. The van der Waals surface area contributed by atoms with Crippen molar-refractivity contribution in [2.45, 2.75) is 32.3 Å². The molecular weight excluding hydrogens is 278 g/mol. The van der Waals surface area contributed by atoms with Crippen LogP contribution in [0.1, 0.15) is 31.2 Å². The molecule has 0 saturated carbocycles. The van der Waals surface area contributed by atoms with Gasteiger partial charge in [-0.15, -0.1) is 0 Å². The number of benzene rings is 1. The van der Waals surface area contributed by atoms with E-state index in [0.717, 1.165) is 24.8 Å². The van der Waals surface area contributed by atoms with Crippen molar-refractivity contribution < 1.29 is 14.3 Å². The van der Waals surface area contributed by atoms with Gasteiger partial charge in [0.05, 0.1) is 0 Å². The van der Waals surface area contributed by atoms with Crippen molar-refractivity contribution in [1.82, 2.24) is 4.90 Å². The monoisotopic (exact) mass is 297 g/mol. The van der Waals surface area contributed by atoms with Gasteiger partial charge in [0.1, 0.15) is 6.61 Å². The summed E-state index contributed by atoms with van der Waals surface area (Å²) in [7, 11) is 1.71. The Balaban J connectivity index is 2.14. The molecule has 0 aliphatic rings. The number of rotatable bonds is 8. The summed E-state index contributed by atoms with van der Waals surface area (Å²) in [5.41, 5.74) is 0.967. The second-order valence-electron chi connectivity index (χ2n) is 4.63. The number of ether oxygens (including phenoxy) is 1. The van der Waals surface area contributed by atoms with Crippen molar-refractivity contribution in [1.29, 1.82) is 0 Å². The van der Waals surface area contributed by atoms with Crippen LogP contribution in [0.25, 0.3) is 0 Å². The highest BCUT2D eigenvalue weighted by molar-refractivity contribution is 6.63. The van der Waals surface area contributed by atoms with Gasteiger partial charge in [0.2, 0.25) is 5.24 Å². The number of carbonyl (C=O) groups excluding carboxylic acids is 2. The van der Waals surface area contributed by atoms with Crippen molar-refractivity contribution in [3.05, 3.63) is 35.9 Å². The second kappa shape index (κ2) is 9.37. The van der Waals surface area contributed by atoms with E-state index in [9.17, 15) is 9.59 Å². The van der Waals surface area contributed by atoms with Crippen LogP contribution in [0.15, 0.2) is 30.3 Å². The summed E-state index contributed by atoms with van der Waals surface area (Å²) in [4.78, 5) is 23.8. The average molecular weight is 298 g/mol. The Morgan fingerprint density at radius 2 is 1.85 bits per heavy atom. The highest BCUT2D eigenvalue weighted by Gasteiger charge is 2.09. The Morgan fingerprint density at radius 1 is 1.15 bits per heavy atom. The fourth-order valence-corrected chi connectivity index (χ4v) is 1.84. The van der Waals surface area contributed by atoms with Gasteiger partial charge in [-0.2, -0.15) is 0 Å². The Labute approximate surface area is 124 Å². The van der Waals surface area contributed by atoms with Crippen LogP contribution >= 0.6 is 11.6 Å². The SMILES string of the molecule is CN(CCCCCC(=O)Cl)C(=O)OCc1ccccc1. The van der Waals surface area contributed by atoms with Crippen LogP contribution in [-0.2, 0) is 16.1 Å². The highest BCUT2D eigenvalue weighted by atomic mass is 35.5. The van der Waals surface area contributed by atoms with Crippen molar-refractivity contribution in [2.24, 2.45) is 0 Å². The first-order valence-corrected chi connectivity index (χ1v) is 7.07. The lowest BCUT2D eigenvalue weighted by molar-refractivity contribution is -0.111. The summed E-state index contributed by atoms with van der Waals surface area (Å²) in [5, 5.41) is -0.305. The fraction of sp³-hybridized carbons (Fsp3) is 0.467. The molecule has 0 aliphatic carbocycles. The van der Waals surface area contributed by atoms with E-state index in [1.54, 1.807) is 11.9 Å². The smallest absolute Gasteiger partial charge is 0.409 e. The number of hydrogen-bond donors (Lipinski definition) is 0. The minimum absolute atomic E-state index is 0.283. The molecule has 1 amide bonds. The lowest BCUT2D eigenvalue weighted by Gasteiger charge is -2.16. The van der Waals surface area contributed by atoms with Gasteiger partial charge in [0, 0.05) is 20.0 Å². The van der Waals surface area contributed by atoms with Gasteiger partial charge in [0.15, 0.2) is 0 Å². The van der Waals surface area contributed by atoms with Crippen LogP contribution in [0.4, 0.5) is 4.79 Å². The van der Waals surface area contributed by atoms with Crippen LogP contribution in [0.3, 0.4) is 0 Å². The summed E-state index contributed by atoms with van der Waals surface area (Å²) < 4.78 is 5.20. The molecule has 1 aromatic rings. The predicted molar refractivity (Wildman–Crippen MR) is 78.6 cm³/mol. The molecule has 0 unspecified atom stereocenters. The van der Waals surface area contributed by atoms with E-state index in [1.165, 1.54) is 0 Å². The third-order valence-electron chi connectivity index (χ3n) is 2.88. The first kappa shape index (κ1) is 16.5. The fourth-order valence-electron chi connectivity index (χ4n) is 1.71. The highest BCUT2D eigenvalue weighted by Crippen LogP contribution is 2.05. The van der Waals surface area contributed by atoms with E-state index in [0.29, 0.717) is 13.0 Å². The summed E-state index contributed by atoms with van der Waals surface area (Å²) in [6, 6.07) is 9.56. The minimum atomic E-state index is -0.331. The molecule has 0 fully saturated rings. The summed E-state index contributed by atoms with van der Waals surface area (Å²) in [6.45, 7) is 0.898. The van der Waals surface area contributed by atoms with Crippen LogP contribution in [0.5, 0.6) is 0 Å². The first-order chi connectivity index (χ1) is 9.59. The van der Waals surface area contributed by atoms with Gasteiger partial charge in [-0.25, -0.2) is 4.79 Å². The number of nitrogens with zero attached hydrogens (tertiary/aromatic N) is 1. The van der Waals surface area contributed by atoms with E-state index in [1.807, 2.05) is 30.3 Å². The zero-order chi connectivity index (χ0) is 14.8. The molecule has 0 atom stereocenters. The Morgan fingerprint density at radius 3 is 2.50 bits per heavy atom. The van der Waals surface area contributed by atoms with Gasteiger partial charge in [-0.05, 0) is 30.0 Å². The molecule has 0 heterocycles. The number of amides is 1. The van der Waals surface area contributed by atoms with Gasteiger partial charge < -0.3 is 9.64 Å².